The van der Waals surface area contributed by atoms with Gasteiger partial charge < -0.3 is 4.90 Å². The van der Waals surface area contributed by atoms with Crippen LogP contribution in [0.5, 0.6) is 0 Å². The Morgan fingerprint density at radius 1 is 0.759 bits per heavy atom. The van der Waals surface area contributed by atoms with Gasteiger partial charge in [0.25, 0.3) is 0 Å². The summed E-state index contributed by atoms with van der Waals surface area (Å²) in [5.41, 5.74) is 4.37. The molecule has 0 bridgehead atoms. The number of likely N-dealkylation sites (tertiary alicyclic amines) is 1. The summed E-state index contributed by atoms with van der Waals surface area (Å²) in [6.07, 6.45) is 2.58. The number of nitrogens with zero attached hydrogens (tertiary/aromatic N) is 3. The zero-order chi connectivity index (χ0) is 19.6. The largest absolute Gasteiger partial charge is 0.369 e. The van der Waals surface area contributed by atoms with Crippen molar-refractivity contribution in [3.63, 3.8) is 0 Å². The molecule has 0 spiro atoms. The van der Waals surface area contributed by atoms with Crippen molar-refractivity contribution >= 4 is 18.1 Å². The summed E-state index contributed by atoms with van der Waals surface area (Å²) < 4.78 is 0. The Bertz CT molecular complexity index is 761. The van der Waals surface area contributed by atoms with E-state index in [-0.39, 0.29) is 17.9 Å². The number of anilines is 1. The van der Waals surface area contributed by atoms with E-state index in [9.17, 15) is 0 Å². The molecule has 2 aromatic carbocycles. The topological polar surface area (TPSA) is 9.72 Å². The molecule has 0 radical (unpaired) electrons. The number of hydrogen-bond donors (Lipinski definition) is 0. The van der Waals surface area contributed by atoms with Crippen LogP contribution in [0.15, 0.2) is 54.6 Å². The van der Waals surface area contributed by atoms with Gasteiger partial charge in [0.1, 0.15) is 0 Å². The van der Waals surface area contributed by atoms with Crippen molar-refractivity contribution in [2.24, 2.45) is 0 Å². The maximum absolute atomic E-state index is 2.75. The van der Waals surface area contributed by atoms with Crippen LogP contribution in [-0.2, 0) is 5.54 Å². The minimum Gasteiger partial charge on any atom is -0.369 e. The number of piperazine rings is 1. The second-order valence-corrected chi connectivity index (χ2v) is 8.95. The highest BCUT2D eigenvalue weighted by atomic mass is 35.5. The van der Waals surface area contributed by atoms with E-state index in [2.05, 4.69) is 90.1 Å². The molecule has 0 aromatic heterocycles. The van der Waals surface area contributed by atoms with E-state index in [1.165, 1.54) is 55.8 Å². The number of rotatable bonds is 4. The molecule has 2 aliphatic rings. The monoisotopic (exact) mass is 413 g/mol. The number of hydrogen-bond acceptors (Lipinski definition) is 3. The quantitative estimate of drug-likeness (QED) is 0.702. The third-order valence-electron chi connectivity index (χ3n) is 7.02. The summed E-state index contributed by atoms with van der Waals surface area (Å²) in [5, 5.41) is 0. The maximum Gasteiger partial charge on any atom is 0.0404 e. The lowest BCUT2D eigenvalue weighted by atomic mass is 9.89. The van der Waals surface area contributed by atoms with Crippen LogP contribution in [0.1, 0.15) is 37.8 Å². The fraction of sp³-hybridized carbons (Fsp3) is 0.520. The highest BCUT2D eigenvalue weighted by Crippen LogP contribution is 2.32. The van der Waals surface area contributed by atoms with Crippen LogP contribution in [0.25, 0.3) is 0 Å². The molecule has 0 saturated carbocycles. The van der Waals surface area contributed by atoms with Crippen LogP contribution in [0.3, 0.4) is 0 Å². The standard InChI is InChI=1S/C25H35N3.ClH/c1-21-9-7-8-12-24(21)27-19-17-26(18-20-27)23-13-15-28(16-14-23)25(2,3)22-10-5-4-6-11-22;/h4-12,23H,13-20H2,1-3H3;1H. The summed E-state index contributed by atoms with van der Waals surface area (Å²) in [5.74, 6) is 0. The fourth-order valence-corrected chi connectivity index (χ4v) is 5.06. The lowest BCUT2D eigenvalue weighted by Gasteiger charge is -2.47. The van der Waals surface area contributed by atoms with Gasteiger partial charge in [-0.2, -0.15) is 0 Å². The van der Waals surface area contributed by atoms with Gasteiger partial charge in [-0.25, -0.2) is 0 Å². The van der Waals surface area contributed by atoms with Crippen molar-refractivity contribution in [1.82, 2.24) is 9.80 Å². The maximum atomic E-state index is 2.75. The van der Waals surface area contributed by atoms with Gasteiger partial charge in [0.05, 0.1) is 0 Å². The van der Waals surface area contributed by atoms with E-state index in [1.54, 1.807) is 0 Å². The molecule has 4 rings (SSSR count). The Morgan fingerprint density at radius 2 is 1.34 bits per heavy atom. The zero-order valence-electron chi connectivity index (χ0n) is 18.2. The molecular formula is C25H36ClN3. The first-order valence-corrected chi connectivity index (χ1v) is 10.9. The molecule has 0 atom stereocenters. The molecule has 158 valence electrons. The van der Waals surface area contributed by atoms with E-state index in [4.69, 9.17) is 0 Å². The molecule has 2 aromatic rings. The molecule has 0 unspecified atom stereocenters. The van der Waals surface area contributed by atoms with Crippen molar-refractivity contribution in [1.29, 1.82) is 0 Å². The predicted molar refractivity (Wildman–Crippen MR) is 126 cm³/mol. The van der Waals surface area contributed by atoms with Gasteiger partial charge in [-0.05, 0) is 50.8 Å². The Hall–Kier alpha value is -1.55. The smallest absolute Gasteiger partial charge is 0.0404 e. The summed E-state index contributed by atoms with van der Waals surface area (Å²) >= 11 is 0. The van der Waals surface area contributed by atoms with Crippen LogP contribution >= 0.6 is 12.4 Å². The Balaban J connectivity index is 0.00000240. The summed E-state index contributed by atoms with van der Waals surface area (Å²) in [4.78, 5) is 8.00. The number of para-hydroxylation sites is 1. The molecule has 4 heteroatoms. The Labute approximate surface area is 183 Å². The first-order valence-electron chi connectivity index (χ1n) is 10.9. The average Bonchev–Trinajstić information content (AvgIpc) is 2.75. The first-order chi connectivity index (χ1) is 13.6. The van der Waals surface area contributed by atoms with Crippen LogP contribution in [0.2, 0.25) is 0 Å². The third kappa shape index (κ3) is 4.79. The minimum absolute atomic E-state index is 0. The second-order valence-electron chi connectivity index (χ2n) is 8.95. The van der Waals surface area contributed by atoms with Gasteiger partial charge >= 0.3 is 0 Å². The molecule has 0 amide bonds. The van der Waals surface area contributed by atoms with Crippen molar-refractivity contribution in [2.45, 2.75) is 45.2 Å². The Morgan fingerprint density at radius 3 is 1.97 bits per heavy atom. The van der Waals surface area contributed by atoms with E-state index < -0.39 is 0 Å². The van der Waals surface area contributed by atoms with E-state index in [0.717, 1.165) is 19.1 Å². The third-order valence-corrected chi connectivity index (χ3v) is 7.02. The van der Waals surface area contributed by atoms with Crippen LogP contribution in [0.4, 0.5) is 5.69 Å². The predicted octanol–water partition coefficient (Wildman–Crippen LogP) is 4.94. The number of halogens is 1. The first kappa shape index (κ1) is 22.1. The SMILES string of the molecule is Cc1ccccc1N1CCN(C2CCN(C(C)(C)c3ccccc3)CC2)CC1.Cl. The van der Waals surface area contributed by atoms with Gasteiger partial charge in [-0.1, -0.05) is 48.5 Å². The summed E-state index contributed by atoms with van der Waals surface area (Å²) in [6, 6.07) is 20.5. The number of benzene rings is 2. The fourth-order valence-electron chi connectivity index (χ4n) is 5.06. The summed E-state index contributed by atoms with van der Waals surface area (Å²) in [7, 11) is 0. The average molecular weight is 414 g/mol. The molecule has 2 saturated heterocycles. The molecule has 2 fully saturated rings. The number of piperidine rings is 1. The minimum atomic E-state index is 0. The molecule has 2 heterocycles. The van der Waals surface area contributed by atoms with Crippen molar-refractivity contribution < 1.29 is 0 Å². The lowest BCUT2D eigenvalue weighted by molar-refractivity contribution is 0.0443. The second kappa shape index (κ2) is 9.51. The lowest BCUT2D eigenvalue weighted by Crippen LogP contribution is -2.55. The molecule has 0 N–H and O–H groups in total. The van der Waals surface area contributed by atoms with Crippen molar-refractivity contribution in [3.05, 3.63) is 65.7 Å². The van der Waals surface area contributed by atoms with Crippen LogP contribution in [0, 0.1) is 6.92 Å². The van der Waals surface area contributed by atoms with E-state index in [0.29, 0.717) is 0 Å². The molecule has 3 nitrogen and oxygen atoms in total. The highest BCUT2D eigenvalue weighted by molar-refractivity contribution is 5.85. The van der Waals surface area contributed by atoms with Crippen molar-refractivity contribution in [3.8, 4) is 0 Å². The molecule has 0 aliphatic carbocycles. The van der Waals surface area contributed by atoms with Crippen LogP contribution in [-0.4, -0.2) is 55.1 Å². The van der Waals surface area contributed by atoms with E-state index >= 15 is 0 Å². The van der Waals surface area contributed by atoms with Gasteiger partial charge in [0, 0.05) is 56.5 Å². The molecule has 2 aliphatic heterocycles. The highest BCUT2D eigenvalue weighted by Gasteiger charge is 2.34. The van der Waals surface area contributed by atoms with Gasteiger partial charge in [-0.3, -0.25) is 9.80 Å². The zero-order valence-corrected chi connectivity index (χ0v) is 19.0. The van der Waals surface area contributed by atoms with Gasteiger partial charge in [-0.15, -0.1) is 12.4 Å². The Kier molecular flexibility index (Phi) is 7.26. The molecule has 29 heavy (non-hydrogen) atoms. The van der Waals surface area contributed by atoms with Gasteiger partial charge in [0.2, 0.25) is 0 Å². The normalized spacial score (nSPS) is 19.8. The van der Waals surface area contributed by atoms with Gasteiger partial charge in [0.15, 0.2) is 0 Å². The van der Waals surface area contributed by atoms with Crippen LogP contribution < -0.4 is 4.90 Å². The van der Waals surface area contributed by atoms with Crippen molar-refractivity contribution in [2.75, 3.05) is 44.2 Å². The molecular weight excluding hydrogens is 378 g/mol. The van der Waals surface area contributed by atoms with E-state index in [1.807, 2.05) is 0 Å². The number of aryl methyl sites for hydroxylation is 1. The summed E-state index contributed by atoms with van der Waals surface area (Å²) in [6.45, 7) is 14.1.